The molecule has 1 saturated carbocycles. The van der Waals surface area contributed by atoms with Gasteiger partial charge in [-0.3, -0.25) is 0 Å². The Kier molecular flexibility index (Phi) is 2.18. The number of rotatable bonds is 3. The number of unbranched alkanes of at least 4 members (excludes halogenated alkanes) is 1. The van der Waals surface area contributed by atoms with E-state index in [-0.39, 0.29) is 0 Å². The average molecular weight is 138 g/mol. The monoisotopic (exact) mass is 138 g/mol. The van der Waals surface area contributed by atoms with Gasteiger partial charge in [-0.15, -0.1) is 0 Å². The highest BCUT2D eigenvalue weighted by Crippen LogP contribution is 2.52. The number of allylic oxidation sites excluding steroid dienone is 2. The van der Waals surface area contributed by atoms with Crippen molar-refractivity contribution in [3.05, 3.63) is 12.2 Å². The second kappa shape index (κ2) is 2.77. The molecule has 10 heavy (non-hydrogen) atoms. The van der Waals surface area contributed by atoms with Crippen molar-refractivity contribution in [2.75, 3.05) is 0 Å². The molecule has 0 aromatic rings. The van der Waals surface area contributed by atoms with Gasteiger partial charge in [0.15, 0.2) is 0 Å². The highest BCUT2D eigenvalue weighted by Gasteiger charge is 2.43. The zero-order valence-corrected chi connectivity index (χ0v) is 7.35. The predicted octanol–water partition coefficient (Wildman–Crippen LogP) is 3.39. The minimum Gasteiger partial charge on any atom is -0.0882 e. The maximum absolute atomic E-state index is 2.39. The van der Waals surface area contributed by atoms with Crippen LogP contribution in [0.3, 0.4) is 0 Å². The quantitative estimate of drug-likeness (QED) is 0.524. The Labute approximate surface area is 64.3 Å². The van der Waals surface area contributed by atoms with Crippen LogP contribution in [0.1, 0.15) is 40.0 Å². The summed E-state index contributed by atoms with van der Waals surface area (Å²) in [5.41, 5.74) is 0.629. The van der Waals surface area contributed by atoms with E-state index >= 15 is 0 Å². The first-order valence-corrected chi connectivity index (χ1v) is 4.33. The highest BCUT2D eigenvalue weighted by molar-refractivity contribution is 5.07. The molecule has 0 heterocycles. The van der Waals surface area contributed by atoms with Crippen molar-refractivity contribution in [2.24, 2.45) is 11.3 Å². The van der Waals surface area contributed by atoms with Gasteiger partial charge in [-0.05, 0) is 24.2 Å². The minimum atomic E-state index is 0.629. The highest BCUT2D eigenvalue weighted by atomic mass is 14.5. The fraction of sp³-hybridized carbons (Fsp3) is 0.800. The van der Waals surface area contributed by atoms with Gasteiger partial charge in [0.2, 0.25) is 0 Å². The van der Waals surface area contributed by atoms with Crippen LogP contribution in [-0.4, -0.2) is 0 Å². The van der Waals surface area contributed by atoms with Crippen molar-refractivity contribution in [3.8, 4) is 0 Å². The molecule has 1 atom stereocenters. The Morgan fingerprint density at radius 2 is 2.10 bits per heavy atom. The second-order valence-electron chi connectivity index (χ2n) is 4.02. The van der Waals surface area contributed by atoms with E-state index in [1.54, 1.807) is 0 Å². The van der Waals surface area contributed by atoms with Crippen molar-refractivity contribution >= 4 is 0 Å². The summed E-state index contributed by atoms with van der Waals surface area (Å²) in [6, 6.07) is 0. The van der Waals surface area contributed by atoms with Crippen LogP contribution in [0.25, 0.3) is 0 Å². The molecule has 0 amide bonds. The first kappa shape index (κ1) is 7.84. The van der Waals surface area contributed by atoms with Crippen LogP contribution in [0, 0.1) is 11.3 Å². The molecule has 1 aliphatic rings. The Balaban J connectivity index is 2.17. The molecule has 0 aromatic carbocycles. The third-order valence-corrected chi connectivity index (χ3v) is 2.41. The van der Waals surface area contributed by atoms with Crippen LogP contribution >= 0.6 is 0 Å². The molecule has 1 fully saturated rings. The topological polar surface area (TPSA) is 0 Å². The summed E-state index contributed by atoms with van der Waals surface area (Å²) in [5.74, 6) is 0.888. The first-order valence-electron chi connectivity index (χ1n) is 4.33. The molecule has 0 aliphatic heterocycles. The lowest BCUT2D eigenvalue weighted by Gasteiger charge is -1.95. The lowest BCUT2D eigenvalue weighted by atomic mass is 10.1. The van der Waals surface area contributed by atoms with Gasteiger partial charge >= 0.3 is 0 Å². The summed E-state index contributed by atoms with van der Waals surface area (Å²) < 4.78 is 0. The molecule has 1 rings (SSSR count). The zero-order valence-electron chi connectivity index (χ0n) is 7.35. The molecule has 58 valence electrons. The predicted molar refractivity (Wildman–Crippen MR) is 45.9 cm³/mol. The summed E-state index contributed by atoms with van der Waals surface area (Å²) in [6.45, 7) is 6.91. The molecular weight excluding hydrogens is 120 g/mol. The molecule has 0 aromatic heterocycles. The van der Waals surface area contributed by atoms with Crippen molar-refractivity contribution < 1.29 is 0 Å². The van der Waals surface area contributed by atoms with Crippen molar-refractivity contribution in [1.82, 2.24) is 0 Å². The maximum Gasteiger partial charge on any atom is -0.0177 e. The summed E-state index contributed by atoms with van der Waals surface area (Å²) >= 11 is 0. The summed E-state index contributed by atoms with van der Waals surface area (Å²) in [5, 5.41) is 0. The smallest absolute Gasteiger partial charge is 0.0177 e. The average Bonchev–Trinajstić information content (AvgIpc) is 2.41. The van der Waals surface area contributed by atoms with Crippen molar-refractivity contribution in [1.29, 1.82) is 0 Å². The molecule has 1 aliphatic carbocycles. The number of hydrogen-bond donors (Lipinski definition) is 0. The zero-order chi connectivity index (χ0) is 7.61. The van der Waals surface area contributed by atoms with Crippen molar-refractivity contribution in [3.63, 3.8) is 0 Å². The molecule has 1 unspecified atom stereocenters. The van der Waals surface area contributed by atoms with Gasteiger partial charge in [0, 0.05) is 0 Å². The van der Waals surface area contributed by atoms with Crippen LogP contribution in [0.15, 0.2) is 12.2 Å². The molecule has 0 spiro atoms. The fourth-order valence-corrected chi connectivity index (χ4v) is 1.26. The lowest BCUT2D eigenvalue weighted by Crippen LogP contribution is -1.85. The number of hydrogen-bond acceptors (Lipinski definition) is 0. The summed E-state index contributed by atoms with van der Waals surface area (Å²) in [6.07, 6.45) is 8.66. The third kappa shape index (κ3) is 1.86. The largest absolute Gasteiger partial charge is 0.0882 e. The van der Waals surface area contributed by atoms with Crippen LogP contribution < -0.4 is 0 Å². The standard InChI is InChI=1S/C10H18/c1-4-5-6-7-9-8-10(9,2)3/h6-7,9H,4-5,8H2,1-3H3. The minimum absolute atomic E-state index is 0.629. The molecule has 0 nitrogen and oxygen atoms in total. The van der Waals surface area contributed by atoms with Gasteiger partial charge in [0.05, 0.1) is 0 Å². The van der Waals surface area contributed by atoms with Crippen LogP contribution in [0.5, 0.6) is 0 Å². The Hall–Kier alpha value is -0.260. The van der Waals surface area contributed by atoms with Gasteiger partial charge in [-0.2, -0.15) is 0 Å². The molecule has 0 bridgehead atoms. The summed E-state index contributed by atoms with van der Waals surface area (Å²) in [4.78, 5) is 0. The molecule has 0 saturated heterocycles. The van der Waals surface area contributed by atoms with E-state index in [2.05, 4.69) is 32.9 Å². The Morgan fingerprint density at radius 3 is 2.50 bits per heavy atom. The van der Waals surface area contributed by atoms with E-state index in [1.807, 2.05) is 0 Å². The van der Waals surface area contributed by atoms with E-state index in [0.717, 1.165) is 5.92 Å². The van der Waals surface area contributed by atoms with E-state index in [0.29, 0.717) is 5.41 Å². The summed E-state index contributed by atoms with van der Waals surface area (Å²) in [7, 11) is 0. The molecule has 0 radical (unpaired) electrons. The van der Waals surface area contributed by atoms with E-state index < -0.39 is 0 Å². The fourth-order valence-electron chi connectivity index (χ4n) is 1.26. The molecule has 0 heteroatoms. The van der Waals surface area contributed by atoms with E-state index in [9.17, 15) is 0 Å². The van der Waals surface area contributed by atoms with Crippen LogP contribution in [-0.2, 0) is 0 Å². The van der Waals surface area contributed by atoms with Gasteiger partial charge in [0.25, 0.3) is 0 Å². The van der Waals surface area contributed by atoms with E-state index in [4.69, 9.17) is 0 Å². The van der Waals surface area contributed by atoms with Crippen LogP contribution in [0.4, 0.5) is 0 Å². The second-order valence-corrected chi connectivity index (χ2v) is 4.02. The van der Waals surface area contributed by atoms with Gasteiger partial charge in [0.1, 0.15) is 0 Å². The maximum atomic E-state index is 2.39. The van der Waals surface area contributed by atoms with Gasteiger partial charge in [-0.1, -0.05) is 39.3 Å². The van der Waals surface area contributed by atoms with Gasteiger partial charge in [-0.25, -0.2) is 0 Å². The SMILES string of the molecule is CCCC=CC1CC1(C)C. The lowest BCUT2D eigenvalue weighted by molar-refractivity contribution is 0.609. The first-order chi connectivity index (χ1) is 4.67. The van der Waals surface area contributed by atoms with Crippen LogP contribution in [0.2, 0.25) is 0 Å². The van der Waals surface area contributed by atoms with E-state index in [1.165, 1.54) is 19.3 Å². The Morgan fingerprint density at radius 1 is 1.50 bits per heavy atom. The normalized spacial score (nSPS) is 29.3. The molecular formula is C10H18. The van der Waals surface area contributed by atoms with Gasteiger partial charge < -0.3 is 0 Å². The third-order valence-electron chi connectivity index (χ3n) is 2.41. The Bertz CT molecular complexity index is 131. The van der Waals surface area contributed by atoms with Crippen molar-refractivity contribution in [2.45, 2.75) is 40.0 Å². The molecule has 0 N–H and O–H groups in total.